The zero-order chi connectivity index (χ0) is 33.3. The summed E-state index contributed by atoms with van der Waals surface area (Å²) < 4.78 is 16.8. The first-order valence-corrected chi connectivity index (χ1v) is 15.2. The van der Waals surface area contributed by atoms with Crippen LogP contribution in [-0.2, 0) is 5.41 Å². The fraction of sp³-hybridized carbons (Fsp3) is 0.0488. The van der Waals surface area contributed by atoms with Gasteiger partial charge in [0, 0.05) is 0 Å². The SMILES string of the molecule is O=C(Oc1ccc(C(CO)(c2ccc(OC(=O)c3ccccc3)cc2)c2ccc(OC(=O)c3ccccc3)cc2)cc1)c1ccccc1. The summed E-state index contributed by atoms with van der Waals surface area (Å²) in [6.45, 7) is -0.345. The van der Waals surface area contributed by atoms with Gasteiger partial charge >= 0.3 is 17.9 Å². The highest BCUT2D eigenvalue weighted by Crippen LogP contribution is 2.41. The fourth-order valence-corrected chi connectivity index (χ4v) is 5.42. The maximum atomic E-state index is 12.7. The minimum absolute atomic E-state index is 0.339. The average Bonchev–Trinajstić information content (AvgIpc) is 3.15. The molecular formula is C41H30O7. The molecule has 0 spiro atoms. The molecule has 6 aromatic carbocycles. The molecular weight excluding hydrogens is 604 g/mol. The molecule has 0 radical (unpaired) electrons. The standard InChI is InChI=1S/C41H30O7/c42-28-41(32-16-22-35(23-17-32)46-38(43)29-10-4-1-5-11-29,33-18-24-36(25-19-33)47-39(44)30-12-6-2-7-13-30)34-20-26-37(27-21-34)48-40(45)31-14-8-3-9-15-31/h1-27,42H,28H2. The van der Waals surface area contributed by atoms with Crippen molar-refractivity contribution >= 4 is 17.9 Å². The van der Waals surface area contributed by atoms with Crippen molar-refractivity contribution in [2.75, 3.05) is 6.61 Å². The Balaban J connectivity index is 1.32. The summed E-state index contributed by atoms with van der Waals surface area (Å²) in [6.07, 6.45) is 0. The van der Waals surface area contributed by atoms with Crippen LogP contribution in [0.3, 0.4) is 0 Å². The average molecular weight is 635 g/mol. The van der Waals surface area contributed by atoms with Crippen molar-refractivity contribution in [3.63, 3.8) is 0 Å². The van der Waals surface area contributed by atoms with E-state index >= 15 is 0 Å². The maximum Gasteiger partial charge on any atom is 0.343 e. The molecule has 0 heterocycles. The van der Waals surface area contributed by atoms with E-state index in [1.54, 1.807) is 146 Å². The second kappa shape index (κ2) is 14.4. The zero-order valence-electron chi connectivity index (χ0n) is 25.7. The molecule has 0 amide bonds. The topological polar surface area (TPSA) is 99.1 Å². The van der Waals surface area contributed by atoms with Crippen LogP contribution in [0.15, 0.2) is 164 Å². The molecule has 0 aromatic heterocycles. The predicted octanol–water partition coefficient (Wildman–Crippen LogP) is 7.67. The molecule has 0 saturated heterocycles. The minimum atomic E-state index is -1.11. The second-order valence-electron chi connectivity index (χ2n) is 10.9. The van der Waals surface area contributed by atoms with Crippen molar-refractivity contribution in [1.29, 1.82) is 0 Å². The lowest BCUT2D eigenvalue weighted by Gasteiger charge is -2.34. The minimum Gasteiger partial charge on any atom is -0.423 e. The predicted molar refractivity (Wildman–Crippen MR) is 180 cm³/mol. The summed E-state index contributed by atoms with van der Waals surface area (Å²) in [6, 6.07) is 46.8. The first kappa shape index (κ1) is 31.7. The molecule has 0 unspecified atom stereocenters. The van der Waals surface area contributed by atoms with Gasteiger partial charge in [0.1, 0.15) is 17.2 Å². The van der Waals surface area contributed by atoms with Crippen LogP contribution < -0.4 is 14.2 Å². The van der Waals surface area contributed by atoms with Gasteiger partial charge in [0.25, 0.3) is 0 Å². The first-order chi connectivity index (χ1) is 23.5. The van der Waals surface area contributed by atoms with E-state index in [0.29, 0.717) is 50.6 Å². The molecule has 6 aromatic rings. The molecule has 7 nitrogen and oxygen atoms in total. The van der Waals surface area contributed by atoms with E-state index in [2.05, 4.69) is 0 Å². The molecule has 0 aliphatic rings. The zero-order valence-corrected chi connectivity index (χ0v) is 25.7. The van der Waals surface area contributed by atoms with E-state index in [0.717, 1.165) is 0 Å². The Morgan fingerprint density at radius 1 is 0.396 bits per heavy atom. The number of ether oxygens (including phenoxy) is 3. The molecule has 0 bridgehead atoms. The summed E-state index contributed by atoms with van der Waals surface area (Å²) >= 11 is 0. The molecule has 0 aliphatic carbocycles. The van der Waals surface area contributed by atoms with Crippen molar-refractivity contribution in [2.45, 2.75) is 5.41 Å². The number of hydrogen-bond acceptors (Lipinski definition) is 7. The highest BCUT2D eigenvalue weighted by atomic mass is 16.5. The lowest BCUT2D eigenvalue weighted by atomic mass is 9.70. The Morgan fingerprint density at radius 3 is 0.875 bits per heavy atom. The van der Waals surface area contributed by atoms with E-state index in [4.69, 9.17) is 14.2 Å². The third-order valence-electron chi connectivity index (χ3n) is 7.94. The van der Waals surface area contributed by atoms with Crippen LogP contribution in [0.2, 0.25) is 0 Å². The van der Waals surface area contributed by atoms with Gasteiger partial charge in [-0.15, -0.1) is 0 Å². The van der Waals surface area contributed by atoms with Crippen LogP contribution in [0.4, 0.5) is 0 Å². The quantitative estimate of drug-likeness (QED) is 0.0938. The van der Waals surface area contributed by atoms with Crippen LogP contribution in [-0.4, -0.2) is 29.6 Å². The van der Waals surface area contributed by atoms with E-state index in [1.807, 2.05) is 18.2 Å². The van der Waals surface area contributed by atoms with E-state index < -0.39 is 23.3 Å². The normalized spacial score (nSPS) is 10.9. The number of carbonyl (C=O) groups is 3. The Kier molecular flexibility index (Phi) is 9.51. The summed E-state index contributed by atoms with van der Waals surface area (Å²) in [5, 5.41) is 11.2. The molecule has 6 rings (SSSR count). The lowest BCUT2D eigenvalue weighted by molar-refractivity contribution is 0.0725. The van der Waals surface area contributed by atoms with Gasteiger partial charge in [-0.2, -0.15) is 0 Å². The number of esters is 3. The molecule has 236 valence electrons. The van der Waals surface area contributed by atoms with E-state index in [-0.39, 0.29) is 6.61 Å². The van der Waals surface area contributed by atoms with Gasteiger partial charge in [0.05, 0.1) is 28.7 Å². The van der Waals surface area contributed by atoms with Crippen molar-refractivity contribution in [1.82, 2.24) is 0 Å². The van der Waals surface area contributed by atoms with Gasteiger partial charge in [0.2, 0.25) is 0 Å². The number of benzene rings is 6. The summed E-state index contributed by atoms with van der Waals surface area (Å²) in [5.74, 6) is -0.448. The van der Waals surface area contributed by atoms with Gasteiger partial charge < -0.3 is 19.3 Å². The van der Waals surface area contributed by atoms with Gasteiger partial charge in [-0.1, -0.05) is 91.0 Å². The van der Waals surface area contributed by atoms with Gasteiger partial charge in [-0.25, -0.2) is 14.4 Å². The first-order valence-electron chi connectivity index (χ1n) is 15.2. The fourth-order valence-electron chi connectivity index (χ4n) is 5.42. The van der Waals surface area contributed by atoms with Crippen molar-refractivity contribution in [2.24, 2.45) is 0 Å². The van der Waals surface area contributed by atoms with Crippen LogP contribution >= 0.6 is 0 Å². The Labute approximate surface area is 277 Å². The third-order valence-corrected chi connectivity index (χ3v) is 7.94. The summed E-state index contributed by atoms with van der Waals surface area (Å²) in [4.78, 5) is 38.0. The molecule has 0 fully saturated rings. The molecule has 48 heavy (non-hydrogen) atoms. The number of hydrogen-bond donors (Lipinski definition) is 1. The van der Waals surface area contributed by atoms with Crippen molar-refractivity contribution < 1.29 is 33.7 Å². The van der Waals surface area contributed by atoms with E-state index in [9.17, 15) is 19.5 Å². The van der Waals surface area contributed by atoms with Crippen LogP contribution in [0, 0.1) is 0 Å². The number of rotatable bonds is 10. The lowest BCUT2D eigenvalue weighted by Crippen LogP contribution is -2.33. The second-order valence-corrected chi connectivity index (χ2v) is 10.9. The van der Waals surface area contributed by atoms with Gasteiger partial charge in [-0.3, -0.25) is 0 Å². The number of aliphatic hydroxyl groups is 1. The molecule has 0 saturated carbocycles. The van der Waals surface area contributed by atoms with Crippen LogP contribution in [0.1, 0.15) is 47.8 Å². The monoisotopic (exact) mass is 634 g/mol. The highest BCUT2D eigenvalue weighted by molar-refractivity contribution is 5.92. The highest BCUT2D eigenvalue weighted by Gasteiger charge is 2.36. The molecule has 7 heteroatoms. The maximum absolute atomic E-state index is 12.7. The van der Waals surface area contributed by atoms with Crippen LogP contribution in [0.5, 0.6) is 17.2 Å². The Morgan fingerprint density at radius 2 is 0.646 bits per heavy atom. The molecule has 0 atom stereocenters. The van der Waals surface area contributed by atoms with E-state index in [1.165, 1.54) is 0 Å². The third kappa shape index (κ3) is 6.92. The molecule has 0 aliphatic heterocycles. The molecule has 1 N–H and O–H groups in total. The van der Waals surface area contributed by atoms with Gasteiger partial charge in [0.15, 0.2) is 0 Å². The number of carbonyl (C=O) groups excluding carboxylic acids is 3. The summed E-state index contributed by atoms with van der Waals surface area (Å²) in [7, 11) is 0. The Bertz CT molecular complexity index is 1760. The van der Waals surface area contributed by atoms with Crippen LogP contribution in [0.25, 0.3) is 0 Å². The van der Waals surface area contributed by atoms with Crippen molar-refractivity contribution in [3.05, 3.63) is 197 Å². The van der Waals surface area contributed by atoms with Gasteiger partial charge in [-0.05, 0) is 89.5 Å². The summed E-state index contributed by atoms with van der Waals surface area (Å²) in [5.41, 5.74) is 2.27. The van der Waals surface area contributed by atoms with Crippen molar-refractivity contribution in [3.8, 4) is 17.2 Å². The smallest absolute Gasteiger partial charge is 0.343 e. The largest absolute Gasteiger partial charge is 0.423 e. The Hall–Kier alpha value is -6.31. The number of aliphatic hydroxyl groups excluding tert-OH is 1.